The lowest BCUT2D eigenvalue weighted by Crippen LogP contribution is -2.15. The number of hydrogen-bond donors (Lipinski definition) is 2. The van der Waals surface area contributed by atoms with Gasteiger partial charge in [0.15, 0.2) is 5.82 Å². The first kappa shape index (κ1) is 10.1. The van der Waals surface area contributed by atoms with Crippen LogP contribution < -0.4 is 5.73 Å². The Morgan fingerprint density at radius 1 is 1.50 bits per heavy atom. The first-order chi connectivity index (χ1) is 7.70. The molecular formula is C9H10N6O. The Balaban J connectivity index is 2.39. The zero-order valence-corrected chi connectivity index (χ0v) is 8.57. The maximum Gasteiger partial charge on any atom is 0.220 e. The number of pyridine rings is 1. The first-order valence-electron chi connectivity index (χ1n) is 4.53. The molecule has 2 rings (SSSR count). The highest BCUT2D eigenvalue weighted by molar-refractivity contribution is 5.93. The van der Waals surface area contributed by atoms with Crippen LogP contribution in [0.15, 0.2) is 29.8 Å². The van der Waals surface area contributed by atoms with Gasteiger partial charge in [-0.15, -0.1) is 5.10 Å². The van der Waals surface area contributed by atoms with Gasteiger partial charge in [-0.1, -0.05) is 5.16 Å². The van der Waals surface area contributed by atoms with Crippen LogP contribution in [-0.2, 0) is 0 Å². The monoisotopic (exact) mass is 218 g/mol. The minimum Gasteiger partial charge on any atom is -0.409 e. The Morgan fingerprint density at radius 3 is 3.00 bits per heavy atom. The number of amidine groups is 1. The molecule has 0 aromatic carbocycles. The molecule has 0 aliphatic rings. The van der Waals surface area contributed by atoms with Gasteiger partial charge < -0.3 is 10.9 Å². The fraction of sp³-hybridized carbons (Fsp3) is 0.111. The maximum atomic E-state index is 8.47. The van der Waals surface area contributed by atoms with E-state index < -0.39 is 0 Å². The number of oxime groups is 1. The van der Waals surface area contributed by atoms with Crippen LogP contribution in [0.5, 0.6) is 0 Å². The molecule has 0 saturated carbocycles. The van der Waals surface area contributed by atoms with E-state index in [4.69, 9.17) is 10.9 Å². The maximum absolute atomic E-state index is 8.47. The number of hydrogen-bond acceptors (Lipinski definition) is 5. The van der Waals surface area contributed by atoms with E-state index in [1.165, 1.54) is 11.0 Å². The van der Waals surface area contributed by atoms with Gasteiger partial charge in [0.05, 0.1) is 0 Å². The van der Waals surface area contributed by atoms with E-state index in [1.54, 1.807) is 6.20 Å². The minimum absolute atomic E-state index is 0.133. The standard InChI is InChI=1S/C9H10N6O/c1-6-2-3-11-7(4-6)15-5-12-9(13-15)8(10)14-16/h2-5,16H,1H3,(H2,10,14). The Morgan fingerprint density at radius 2 is 2.31 bits per heavy atom. The van der Waals surface area contributed by atoms with Crippen molar-refractivity contribution in [3.8, 4) is 5.82 Å². The smallest absolute Gasteiger partial charge is 0.220 e. The second kappa shape index (κ2) is 3.97. The zero-order chi connectivity index (χ0) is 11.5. The molecule has 0 radical (unpaired) electrons. The van der Waals surface area contributed by atoms with Gasteiger partial charge in [0, 0.05) is 6.20 Å². The van der Waals surface area contributed by atoms with E-state index in [1.807, 2.05) is 19.1 Å². The van der Waals surface area contributed by atoms with Crippen molar-refractivity contribution in [1.29, 1.82) is 0 Å². The SMILES string of the molecule is Cc1ccnc(-n2cnc(C(N)=NO)n2)c1. The lowest BCUT2D eigenvalue weighted by atomic mass is 10.3. The van der Waals surface area contributed by atoms with Crippen molar-refractivity contribution >= 4 is 5.84 Å². The van der Waals surface area contributed by atoms with Gasteiger partial charge in [0.25, 0.3) is 0 Å². The molecule has 3 N–H and O–H groups in total. The predicted octanol–water partition coefficient (Wildman–Crippen LogP) is 0.0652. The van der Waals surface area contributed by atoms with E-state index in [2.05, 4.69) is 20.2 Å². The van der Waals surface area contributed by atoms with Crippen LogP contribution in [-0.4, -0.2) is 30.8 Å². The lowest BCUT2D eigenvalue weighted by Gasteiger charge is -1.99. The van der Waals surface area contributed by atoms with Gasteiger partial charge in [0.1, 0.15) is 6.33 Å². The van der Waals surface area contributed by atoms with E-state index in [0.717, 1.165) is 5.56 Å². The molecule has 0 unspecified atom stereocenters. The van der Waals surface area contributed by atoms with Crippen molar-refractivity contribution in [1.82, 2.24) is 19.7 Å². The molecule has 0 amide bonds. The molecule has 82 valence electrons. The second-order valence-electron chi connectivity index (χ2n) is 3.19. The third kappa shape index (κ3) is 1.83. The first-order valence-corrected chi connectivity index (χ1v) is 4.53. The molecule has 2 aromatic rings. The molecule has 16 heavy (non-hydrogen) atoms. The van der Waals surface area contributed by atoms with E-state index in [0.29, 0.717) is 5.82 Å². The molecule has 0 saturated heterocycles. The molecule has 2 heterocycles. The van der Waals surface area contributed by atoms with Gasteiger partial charge in [-0.3, -0.25) is 0 Å². The highest BCUT2D eigenvalue weighted by Crippen LogP contribution is 2.04. The Bertz CT molecular complexity index is 532. The van der Waals surface area contributed by atoms with Crippen molar-refractivity contribution in [2.24, 2.45) is 10.9 Å². The molecule has 0 aliphatic carbocycles. The Labute approximate surface area is 91.2 Å². The number of rotatable bonds is 2. The molecular weight excluding hydrogens is 208 g/mol. The van der Waals surface area contributed by atoms with Gasteiger partial charge in [-0.2, -0.15) is 0 Å². The molecule has 0 spiro atoms. The van der Waals surface area contributed by atoms with Gasteiger partial charge >= 0.3 is 0 Å². The highest BCUT2D eigenvalue weighted by atomic mass is 16.4. The van der Waals surface area contributed by atoms with Gasteiger partial charge in [0.2, 0.25) is 11.7 Å². The largest absolute Gasteiger partial charge is 0.409 e. The average molecular weight is 218 g/mol. The molecule has 2 aromatic heterocycles. The quantitative estimate of drug-likeness (QED) is 0.321. The third-order valence-corrected chi connectivity index (χ3v) is 1.96. The molecule has 7 heteroatoms. The van der Waals surface area contributed by atoms with Crippen LogP contribution in [0.3, 0.4) is 0 Å². The van der Waals surface area contributed by atoms with E-state index >= 15 is 0 Å². The lowest BCUT2D eigenvalue weighted by molar-refractivity contribution is 0.318. The summed E-state index contributed by atoms with van der Waals surface area (Å²) < 4.78 is 1.46. The summed E-state index contributed by atoms with van der Waals surface area (Å²) in [5.74, 6) is 0.654. The molecule has 0 fully saturated rings. The van der Waals surface area contributed by atoms with E-state index in [9.17, 15) is 0 Å². The van der Waals surface area contributed by atoms with Crippen molar-refractivity contribution in [2.75, 3.05) is 0 Å². The van der Waals surface area contributed by atoms with Gasteiger partial charge in [-0.05, 0) is 24.6 Å². The normalized spacial score (nSPS) is 11.7. The van der Waals surface area contributed by atoms with Crippen LogP contribution in [0.25, 0.3) is 5.82 Å². The fourth-order valence-corrected chi connectivity index (χ4v) is 1.18. The number of aryl methyl sites for hydroxylation is 1. The van der Waals surface area contributed by atoms with Crippen molar-refractivity contribution in [2.45, 2.75) is 6.92 Å². The summed E-state index contributed by atoms with van der Waals surface area (Å²) >= 11 is 0. The van der Waals surface area contributed by atoms with Crippen LogP contribution in [0.4, 0.5) is 0 Å². The summed E-state index contributed by atoms with van der Waals surface area (Å²) in [6.45, 7) is 1.95. The van der Waals surface area contributed by atoms with E-state index in [-0.39, 0.29) is 11.7 Å². The number of nitrogens with two attached hydrogens (primary N) is 1. The minimum atomic E-state index is -0.133. The summed E-state index contributed by atoms with van der Waals surface area (Å²) in [6.07, 6.45) is 3.13. The number of nitrogens with zero attached hydrogens (tertiary/aromatic N) is 5. The van der Waals surface area contributed by atoms with Crippen LogP contribution >= 0.6 is 0 Å². The van der Waals surface area contributed by atoms with Crippen molar-refractivity contribution in [3.63, 3.8) is 0 Å². The predicted molar refractivity (Wildman–Crippen MR) is 56.4 cm³/mol. The highest BCUT2D eigenvalue weighted by Gasteiger charge is 2.07. The van der Waals surface area contributed by atoms with Crippen LogP contribution in [0.1, 0.15) is 11.4 Å². The van der Waals surface area contributed by atoms with Crippen LogP contribution in [0, 0.1) is 6.92 Å². The van der Waals surface area contributed by atoms with Crippen molar-refractivity contribution < 1.29 is 5.21 Å². The molecule has 7 nitrogen and oxygen atoms in total. The van der Waals surface area contributed by atoms with Crippen molar-refractivity contribution in [3.05, 3.63) is 36.0 Å². The zero-order valence-electron chi connectivity index (χ0n) is 8.57. The molecule has 0 aliphatic heterocycles. The Hall–Kier alpha value is -2.44. The topological polar surface area (TPSA) is 102 Å². The fourth-order valence-electron chi connectivity index (χ4n) is 1.18. The second-order valence-corrected chi connectivity index (χ2v) is 3.19. The third-order valence-electron chi connectivity index (χ3n) is 1.96. The summed E-state index contributed by atoms with van der Waals surface area (Å²) in [5.41, 5.74) is 6.42. The van der Waals surface area contributed by atoms with Gasteiger partial charge in [-0.25, -0.2) is 14.6 Å². The summed E-state index contributed by atoms with van der Waals surface area (Å²) in [7, 11) is 0. The molecule has 0 bridgehead atoms. The summed E-state index contributed by atoms with van der Waals surface area (Å²) in [6, 6.07) is 3.73. The summed E-state index contributed by atoms with van der Waals surface area (Å²) in [4.78, 5) is 8.01. The molecule has 0 atom stereocenters. The summed E-state index contributed by atoms with van der Waals surface area (Å²) in [5, 5.41) is 15.3. The Kier molecular flexibility index (Phi) is 2.50. The number of aromatic nitrogens is 4. The average Bonchev–Trinajstić information content (AvgIpc) is 2.77. The van der Waals surface area contributed by atoms with Crippen LogP contribution in [0.2, 0.25) is 0 Å².